The van der Waals surface area contributed by atoms with Crippen molar-refractivity contribution in [3.8, 4) is 0 Å². The maximum absolute atomic E-state index is 13.6. The van der Waals surface area contributed by atoms with Gasteiger partial charge in [-0.3, -0.25) is 4.79 Å². The van der Waals surface area contributed by atoms with E-state index in [0.29, 0.717) is 0 Å². The number of rotatable bonds is 27. The molecule has 5 N–H and O–H groups in total. The molecule has 5 aromatic carbocycles. The fourth-order valence-electron chi connectivity index (χ4n) is 9.88. The lowest BCUT2D eigenvalue weighted by atomic mass is 9.85. The smallest absolute Gasteiger partial charge is 0.217 e. The first-order chi connectivity index (χ1) is 38.2. The maximum Gasteiger partial charge on any atom is 0.217 e. The SMILES string of the molecule is CC(=O)N[C@H]1[C@H](OCC[Si](C)(C)C)O[C@H](COCc2ccccc2)[C@@H](O[C@@H]2O[C@H](COCc3ccccc3)[C@@](O)(CO)[C@H](O)[C@H]2O)[C@@H]1O[C@@H]1O[C@@H](C)[C@@H](OCc2ccccc2)[C@@H](OCc2ccccc2)[C@@H]1OCc1ccccc1. The van der Waals surface area contributed by atoms with Gasteiger partial charge in [0.15, 0.2) is 18.9 Å². The highest BCUT2D eigenvalue weighted by atomic mass is 28.3. The number of hydrogen-bond donors (Lipinski definition) is 5. The molecule has 3 aliphatic rings. The zero-order chi connectivity index (χ0) is 55.8. The predicted molar refractivity (Wildman–Crippen MR) is 294 cm³/mol. The van der Waals surface area contributed by atoms with Crippen molar-refractivity contribution in [3.63, 3.8) is 0 Å². The third-order valence-electron chi connectivity index (χ3n) is 14.3. The molecular formula is C61H79NO16Si. The van der Waals surface area contributed by atoms with E-state index in [1.54, 1.807) is 0 Å². The van der Waals surface area contributed by atoms with Crippen LogP contribution >= 0.6 is 0 Å². The second-order valence-corrected chi connectivity index (χ2v) is 27.3. The average molecular weight is 1110 g/mol. The Hall–Kier alpha value is -4.81. The third-order valence-corrected chi connectivity index (χ3v) is 16.0. The number of amides is 1. The van der Waals surface area contributed by atoms with Crippen molar-refractivity contribution in [2.45, 2.75) is 164 Å². The molecular weight excluding hydrogens is 1030 g/mol. The second-order valence-electron chi connectivity index (χ2n) is 21.7. The van der Waals surface area contributed by atoms with Crippen molar-refractivity contribution in [3.05, 3.63) is 179 Å². The minimum Gasteiger partial charge on any atom is -0.393 e. The molecule has 5 aromatic rings. The topological polar surface area (TPSA) is 212 Å². The number of ether oxygens (including phenoxy) is 11. The van der Waals surface area contributed by atoms with Crippen molar-refractivity contribution >= 4 is 14.0 Å². The van der Waals surface area contributed by atoms with Crippen LogP contribution in [0, 0.1) is 0 Å². The van der Waals surface area contributed by atoms with E-state index in [9.17, 15) is 25.2 Å². The highest BCUT2D eigenvalue weighted by Gasteiger charge is 2.59. The summed E-state index contributed by atoms with van der Waals surface area (Å²) in [7, 11) is -1.69. The molecule has 428 valence electrons. The highest BCUT2D eigenvalue weighted by molar-refractivity contribution is 6.76. The molecule has 0 unspecified atom stereocenters. The highest BCUT2D eigenvalue weighted by Crippen LogP contribution is 2.38. The van der Waals surface area contributed by atoms with Gasteiger partial charge in [0.1, 0.15) is 66.6 Å². The number of nitrogens with one attached hydrogen (secondary N) is 1. The molecule has 0 saturated carbocycles. The predicted octanol–water partition coefficient (Wildman–Crippen LogP) is 6.45. The Kier molecular flexibility index (Phi) is 22.3. The first-order valence-corrected chi connectivity index (χ1v) is 30.9. The van der Waals surface area contributed by atoms with Gasteiger partial charge >= 0.3 is 0 Å². The molecule has 0 bridgehead atoms. The molecule has 3 heterocycles. The number of benzene rings is 5. The summed E-state index contributed by atoms with van der Waals surface area (Å²) in [4.78, 5) is 13.6. The summed E-state index contributed by atoms with van der Waals surface area (Å²) in [6, 6.07) is 47.7. The number of aliphatic hydroxyl groups excluding tert-OH is 3. The molecule has 0 aliphatic carbocycles. The summed E-state index contributed by atoms with van der Waals surface area (Å²) < 4.78 is 74.2. The second kappa shape index (κ2) is 29.2. The molecule has 79 heavy (non-hydrogen) atoms. The fourth-order valence-corrected chi connectivity index (χ4v) is 10.6. The van der Waals surface area contributed by atoms with Gasteiger partial charge in [-0.15, -0.1) is 0 Å². The van der Waals surface area contributed by atoms with Crippen molar-refractivity contribution in [2.24, 2.45) is 0 Å². The third kappa shape index (κ3) is 16.9. The minimum atomic E-state index is -2.38. The van der Waals surface area contributed by atoms with Gasteiger partial charge in [-0.05, 0) is 40.8 Å². The summed E-state index contributed by atoms with van der Waals surface area (Å²) in [6.45, 7) is 9.57. The molecule has 18 heteroatoms. The summed E-state index contributed by atoms with van der Waals surface area (Å²) in [5, 5.41) is 49.2. The van der Waals surface area contributed by atoms with Gasteiger partial charge in [-0.2, -0.15) is 0 Å². The van der Waals surface area contributed by atoms with Crippen LogP contribution in [0.15, 0.2) is 152 Å². The van der Waals surface area contributed by atoms with Crippen molar-refractivity contribution in [1.29, 1.82) is 0 Å². The number of aliphatic hydroxyl groups is 4. The van der Waals surface area contributed by atoms with E-state index in [1.165, 1.54) is 6.92 Å². The quantitative estimate of drug-likeness (QED) is 0.0358. The van der Waals surface area contributed by atoms with Crippen LogP contribution in [0.2, 0.25) is 25.7 Å². The zero-order valence-electron chi connectivity index (χ0n) is 45.8. The molecule has 17 nitrogen and oxygen atoms in total. The van der Waals surface area contributed by atoms with E-state index in [2.05, 4.69) is 25.0 Å². The van der Waals surface area contributed by atoms with E-state index in [4.69, 9.17) is 52.1 Å². The van der Waals surface area contributed by atoms with Crippen LogP contribution in [-0.4, -0.2) is 152 Å². The van der Waals surface area contributed by atoms with Crippen LogP contribution < -0.4 is 5.32 Å². The average Bonchev–Trinajstić information content (AvgIpc) is 3.57. The van der Waals surface area contributed by atoms with Crippen LogP contribution in [0.3, 0.4) is 0 Å². The molecule has 8 rings (SSSR count). The zero-order valence-corrected chi connectivity index (χ0v) is 46.8. The van der Waals surface area contributed by atoms with E-state index in [0.717, 1.165) is 33.9 Å². The first-order valence-electron chi connectivity index (χ1n) is 27.2. The summed E-state index contributed by atoms with van der Waals surface area (Å²) >= 11 is 0. The van der Waals surface area contributed by atoms with Crippen LogP contribution in [0.1, 0.15) is 41.7 Å². The van der Waals surface area contributed by atoms with Crippen LogP contribution in [0.5, 0.6) is 0 Å². The lowest BCUT2D eigenvalue weighted by Gasteiger charge is -2.52. The molecule has 15 atom stereocenters. The first kappa shape index (κ1) is 60.3. The Bertz CT molecular complexity index is 2540. The molecule has 3 saturated heterocycles. The molecule has 1 amide bonds. The lowest BCUT2D eigenvalue weighted by molar-refractivity contribution is -0.388. The Morgan fingerprint density at radius 1 is 0.557 bits per heavy atom. The Morgan fingerprint density at radius 3 is 1.49 bits per heavy atom. The van der Waals surface area contributed by atoms with Gasteiger partial charge in [0, 0.05) is 21.6 Å². The molecule has 0 spiro atoms. The summed E-state index contributed by atoms with van der Waals surface area (Å²) in [6.07, 6.45) is -16.5. The van der Waals surface area contributed by atoms with Gasteiger partial charge in [0.05, 0.1) is 59.0 Å². The van der Waals surface area contributed by atoms with Crippen LogP contribution in [0.25, 0.3) is 0 Å². The van der Waals surface area contributed by atoms with Crippen LogP contribution in [0.4, 0.5) is 0 Å². The van der Waals surface area contributed by atoms with Crippen molar-refractivity contribution < 1.29 is 77.3 Å². The molecule has 0 radical (unpaired) electrons. The summed E-state index contributed by atoms with van der Waals surface area (Å²) in [5.41, 5.74) is 2.04. The van der Waals surface area contributed by atoms with Gasteiger partial charge in [-0.1, -0.05) is 171 Å². The van der Waals surface area contributed by atoms with Gasteiger partial charge in [0.2, 0.25) is 5.91 Å². The van der Waals surface area contributed by atoms with Gasteiger partial charge in [0.25, 0.3) is 0 Å². The monoisotopic (exact) mass is 1110 g/mol. The largest absolute Gasteiger partial charge is 0.393 e. The van der Waals surface area contributed by atoms with Crippen molar-refractivity contribution in [2.75, 3.05) is 26.4 Å². The minimum absolute atomic E-state index is 0.110. The Labute approximate surface area is 464 Å². The van der Waals surface area contributed by atoms with Crippen molar-refractivity contribution in [1.82, 2.24) is 5.32 Å². The molecule has 3 aliphatic heterocycles. The Balaban J connectivity index is 1.19. The van der Waals surface area contributed by atoms with E-state index in [-0.39, 0.29) is 52.9 Å². The molecule has 0 aromatic heterocycles. The van der Waals surface area contributed by atoms with E-state index < -0.39 is 112 Å². The van der Waals surface area contributed by atoms with Gasteiger partial charge in [-0.25, -0.2) is 0 Å². The van der Waals surface area contributed by atoms with Crippen LogP contribution in [-0.2, 0) is 89.9 Å². The lowest BCUT2D eigenvalue weighted by Crippen LogP contribution is -2.72. The standard InChI is InChI=1S/C61H79NO16Si/c1-41-52(71-35-45-25-15-8-16-26-45)55(72-36-46-27-17-9-18-28-46)56(73-37-47-29-19-10-20-30-47)60(74-41)78-54-50(62-42(2)64)58(70-31-32-79(3,4)5)75-48(38-68-33-43-21-11-6-12-22-43)53(54)77-59-51(65)57(66)61(67,40-63)49(76-59)39-69-34-44-23-13-7-14-24-44/h6-30,41,48-60,63,65-67H,31-40H2,1-5H3,(H,62,64)/t41-,48+,49+,50+,51+,52+,53+,54+,55+,56-,57+,58+,59-,60-,61-/m0/s1. The van der Waals surface area contributed by atoms with E-state index >= 15 is 0 Å². The maximum atomic E-state index is 13.6. The normalized spacial score (nSPS) is 30.2. The fraction of sp³-hybridized carbons (Fsp3) is 0.492. The summed E-state index contributed by atoms with van der Waals surface area (Å²) in [5.74, 6) is -0.445. The van der Waals surface area contributed by atoms with Gasteiger partial charge < -0.3 is 77.8 Å². The number of hydrogen-bond acceptors (Lipinski definition) is 16. The van der Waals surface area contributed by atoms with E-state index in [1.807, 2.05) is 159 Å². The Morgan fingerprint density at radius 2 is 1.01 bits per heavy atom. The number of carbonyl (C=O) groups is 1. The number of carbonyl (C=O) groups excluding carboxylic acids is 1. The molecule has 3 fully saturated rings.